The number of nitrogens with zero attached hydrogens (tertiary/aromatic N) is 4. The largest absolute Gasteiger partial charge is 0.378 e. The molecular formula is C25H27N5O2. The van der Waals surface area contributed by atoms with E-state index in [1.165, 1.54) is 12.1 Å². The summed E-state index contributed by atoms with van der Waals surface area (Å²) in [4.78, 5) is 21.3. The summed E-state index contributed by atoms with van der Waals surface area (Å²) in [7, 11) is 0. The number of hydrogen-bond acceptors (Lipinski definition) is 6. The molecule has 164 valence electrons. The summed E-state index contributed by atoms with van der Waals surface area (Å²) in [5.74, 6) is 0.0984. The molecule has 2 aromatic carbocycles. The molecule has 7 nitrogen and oxygen atoms in total. The van der Waals surface area contributed by atoms with Crippen molar-refractivity contribution in [2.45, 2.75) is 13.8 Å². The monoisotopic (exact) mass is 437 g/mol. The van der Waals surface area contributed by atoms with Crippen LogP contribution in [0.25, 0.3) is 11.3 Å². The number of morpholine rings is 1. The molecule has 1 N–H and O–H groups in total. The van der Waals surface area contributed by atoms with E-state index < -0.39 is 26.1 Å². The molecule has 0 saturated carbocycles. The van der Waals surface area contributed by atoms with Crippen molar-refractivity contribution < 1.29 is 20.5 Å². The molecule has 4 rings (SSSR count). The van der Waals surface area contributed by atoms with Crippen LogP contribution in [0.4, 0.5) is 5.69 Å². The highest BCUT2D eigenvalue weighted by atomic mass is 16.5. The zero-order chi connectivity index (χ0) is 28.6. The van der Waals surface area contributed by atoms with Crippen molar-refractivity contribution in [3.8, 4) is 17.3 Å². The van der Waals surface area contributed by atoms with Crippen molar-refractivity contribution in [2.24, 2.45) is 0 Å². The highest BCUT2D eigenvalue weighted by molar-refractivity contribution is 5.94. The molecule has 0 atom stereocenters. The molecule has 3 aromatic rings. The fourth-order valence-electron chi connectivity index (χ4n) is 2.92. The van der Waals surface area contributed by atoms with Crippen LogP contribution in [-0.4, -0.2) is 48.5 Å². The van der Waals surface area contributed by atoms with E-state index in [4.69, 9.17) is 16.2 Å². The molecule has 1 fully saturated rings. The summed E-state index contributed by atoms with van der Waals surface area (Å²) in [6.07, 6.45) is 1.86. The van der Waals surface area contributed by atoms with Crippen molar-refractivity contribution in [3.63, 3.8) is 0 Å². The fourth-order valence-corrected chi connectivity index (χ4v) is 2.92. The quantitative estimate of drug-likeness (QED) is 0.594. The van der Waals surface area contributed by atoms with Crippen LogP contribution in [0, 0.1) is 11.3 Å². The van der Waals surface area contributed by atoms with Gasteiger partial charge in [-0.25, -0.2) is 9.97 Å². The van der Waals surface area contributed by atoms with Crippen molar-refractivity contribution in [1.29, 1.82) is 5.26 Å². The van der Waals surface area contributed by atoms with Crippen molar-refractivity contribution in [1.82, 2.24) is 15.3 Å². The lowest BCUT2D eigenvalue weighted by molar-refractivity contribution is 0.0958. The first-order valence-corrected chi connectivity index (χ1v) is 9.36. The van der Waals surface area contributed by atoms with Crippen molar-refractivity contribution in [3.05, 3.63) is 77.7 Å². The zero-order valence-electron chi connectivity index (χ0n) is 24.3. The molecule has 32 heavy (non-hydrogen) atoms. The van der Waals surface area contributed by atoms with Crippen LogP contribution in [-0.2, 0) is 11.2 Å². The number of hydrogen-bond donors (Lipinski definition) is 1. The molecule has 1 saturated heterocycles. The van der Waals surface area contributed by atoms with Gasteiger partial charge in [0.15, 0.2) is 0 Å². The van der Waals surface area contributed by atoms with Crippen LogP contribution in [0.15, 0.2) is 60.8 Å². The first kappa shape index (κ1) is 14.3. The molecule has 0 radical (unpaired) electrons. The molecule has 1 amide bonds. The van der Waals surface area contributed by atoms with Gasteiger partial charge < -0.3 is 15.0 Å². The van der Waals surface area contributed by atoms with E-state index in [1.54, 1.807) is 48.7 Å². The maximum absolute atomic E-state index is 12.0. The van der Waals surface area contributed by atoms with Gasteiger partial charge in [-0.3, -0.25) is 4.79 Å². The number of anilines is 1. The third-order valence-corrected chi connectivity index (χ3v) is 4.45. The molecule has 1 aliphatic heterocycles. The van der Waals surface area contributed by atoms with E-state index in [1.807, 2.05) is 6.07 Å². The number of nitrogens with one attached hydrogen (secondary N) is 1. The topological polar surface area (TPSA) is 91.1 Å². The van der Waals surface area contributed by atoms with E-state index in [0.29, 0.717) is 27.5 Å². The number of carbonyl (C=O) groups excluding carboxylic acids is 1. The Labute approximate surface area is 199 Å². The highest BCUT2D eigenvalue weighted by Gasteiger charge is 2.11. The fraction of sp³-hybridized carbons (Fsp3) is 0.280. The van der Waals surface area contributed by atoms with Gasteiger partial charge in [-0.1, -0.05) is 31.7 Å². The van der Waals surface area contributed by atoms with Crippen LogP contribution >= 0.6 is 0 Å². The van der Waals surface area contributed by atoms with Crippen LogP contribution < -0.4 is 10.2 Å². The average Bonchev–Trinajstić information content (AvgIpc) is 2.87. The third kappa shape index (κ3) is 5.68. The predicted molar refractivity (Wildman–Crippen MR) is 124 cm³/mol. The van der Waals surface area contributed by atoms with Gasteiger partial charge in [-0.2, -0.15) is 5.26 Å². The number of benzene rings is 2. The molecule has 0 spiro atoms. The first-order valence-electron chi connectivity index (χ1n) is 13.4. The minimum atomic E-state index is -3.13. The molecule has 1 aliphatic rings. The van der Waals surface area contributed by atoms with Gasteiger partial charge in [0.05, 0.1) is 35.8 Å². The third-order valence-electron chi connectivity index (χ3n) is 4.45. The number of amides is 1. The molecule has 1 aromatic heterocycles. The van der Waals surface area contributed by atoms with Crippen LogP contribution in [0.5, 0.6) is 0 Å². The Morgan fingerprint density at radius 2 is 1.84 bits per heavy atom. The van der Waals surface area contributed by atoms with Crippen LogP contribution in [0.3, 0.4) is 0 Å². The molecular weight excluding hydrogens is 402 g/mol. The lowest BCUT2D eigenvalue weighted by atomic mass is 10.1. The summed E-state index contributed by atoms with van der Waals surface area (Å²) < 4.78 is 68.7. The predicted octanol–water partition coefficient (Wildman–Crippen LogP) is 3.46. The number of nitriles is 1. The van der Waals surface area contributed by atoms with Crippen molar-refractivity contribution >= 4 is 11.6 Å². The van der Waals surface area contributed by atoms with Gasteiger partial charge in [0.25, 0.3) is 5.91 Å². The summed E-state index contributed by atoms with van der Waals surface area (Å²) in [5, 5.41) is 11.1. The Balaban J connectivity index is 0.00000441. The maximum atomic E-state index is 12.0. The smallest absolute Gasteiger partial charge is 0.252 e. The Morgan fingerprint density at radius 3 is 2.53 bits per heavy atom. The summed E-state index contributed by atoms with van der Waals surface area (Å²) >= 11 is 0. The minimum absolute atomic E-state index is 0. The SMILES string of the molecule is C.[2H]C1([2H])OC([2H])([2H])C([2H])([2H])N(c2ccc(Cc3nccc(-c4ccc(C(=O)NCC#N)cc4)n3)cc2)C1([2H])[2H]. The van der Waals surface area contributed by atoms with E-state index in [9.17, 15) is 4.79 Å². The number of carbonyl (C=O) groups is 1. The minimum Gasteiger partial charge on any atom is -0.378 e. The van der Waals surface area contributed by atoms with E-state index in [2.05, 4.69) is 20.0 Å². The molecule has 0 unspecified atom stereocenters. The maximum Gasteiger partial charge on any atom is 0.252 e. The van der Waals surface area contributed by atoms with Gasteiger partial charge >= 0.3 is 0 Å². The number of aromatic nitrogens is 2. The average molecular weight is 438 g/mol. The first-order chi connectivity index (χ1) is 18.2. The van der Waals surface area contributed by atoms with Crippen LogP contribution in [0.1, 0.15) is 40.1 Å². The van der Waals surface area contributed by atoms with Gasteiger partial charge in [0.1, 0.15) is 12.4 Å². The number of ether oxygens (including phenoxy) is 1. The van der Waals surface area contributed by atoms with E-state index >= 15 is 0 Å². The van der Waals surface area contributed by atoms with Crippen LogP contribution in [0.2, 0.25) is 0 Å². The lowest BCUT2D eigenvalue weighted by Gasteiger charge is -2.28. The summed E-state index contributed by atoms with van der Waals surface area (Å²) in [5.41, 5.74) is 2.38. The normalized spacial score (nSPS) is 23.0. The van der Waals surface area contributed by atoms with Gasteiger partial charge in [0.2, 0.25) is 0 Å². The zero-order valence-corrected chi connectivity index (χ0v) is 16.3. The highest BCUT2D eigenvalue weighted by Crippen LogP contribution is 2.20. The second-order valence-corrected chi connectivity index (χ2v) is 6.48. The second kappa shape index (κ2) is 11.0. The summed E-state index contributed by atoms with van der Waals surface area (Å²) in [6.45, 7) is -12.4. The van der Waals surface area contributed by atoms with E-state index in [-0.39, 0.29) is 32.0 Å². The Bertz CT molecular complexity index is 1380. The van der Waals surface area contributed by atoms with E-state index in [0.717, 1.165) is 5.56 Å². The molecule has 2 heterocycles. The Morgan fingerprint density at radius 1 is 1.12 bits per heavy atom. The second-order valence-electron chi connectivity index (χ2n) is 6.48. The van der Waals surface area contributed by atoms with Gasteiger partial charge in [0, 0.05) is 42.4 Å². The lowest BCUT2D eigenvalue weighted by Crippen LogP contribution is -2.36. The number of rotatable bonds is 6. The molecule has 0 aliphatic carbocycles. The molecule has 7 heteroatoms. The van der Waals surface area contributed by atoms with Crippen molar-refractivity contribution in [2.75, 3.05) is 37.6 Å². The Hall–Kier alpha value is -3.76. The van der Waals surface area contributed by atoms with Gasteiger partial charge in [-0.05, 0) is 35.9 Å². The molecule has 0 bridgehead atoms. The van der Waals surface area contributed by atoms with Gasteiger partial charge in [-0.15, -0.1) is 0 Å². The standard InChI is InChI=1S/C24H23N5O2.CH4/c25-10-12-27-24(30)20-5-3-19(4-6-20)22-9-11-26-23(28-22)17-18-1-7-21(8-2-18)29-13-15-31-16-14-29;/h1-9,11H,12-17H2,(H,27,30);1H4/i13D2,14D2,15D2,16D2;. The summed E-state index contributed by atoms with van der Waals surface area (Å²) in [6, 6.07) is 16.2. The Kier molecular flexibility index (Phi) is 4.94.